The highest BCUT2D eigenvalue weighted by atomic mass is 19.1. The Bertz CT molecular complexity index is 510. The van der Waals surface area contributed by atoms with Gasteiger partial charge in [-0.1, -0.05) is 19.3 Å². The first kappa shape index (κ1) is 16.0. The molecule has 4 heteroatoms. The second-order valence-corrected chi connectivity index (χ2v) is 6.22. The van der Waals surface area contributed by atoms with Crippen LogP contribution in [0.5, 0.6) is 5.75 Å². The Morgan fingerprint density at radius 2 is 2.00 bits per heavy atom. The molecule has 1 aliphatic carbocycles. The summed E-state index contributed by atoms with van der Waals surface area (Å²) in [5.41, 5.74) is 0.551. The number of carbonyl (C=O) groups excluding carboxylic acids is 1. The van der Waals surface area contributed by atoms with Crippen LogP contribution in [0.15, 0.2) is 12.1 Å². The lowest BCUT2D eigenvalue weighted by atomic mass is 9.89. The van der Waals surface area contributed by atoms with E-state index in [2.05, 4.69) is 4.90 Å². The Kier molecular flexibility index (Phi) is 5.34. The van der Waals surface area contributed by atoms with E-state index >= 15 is 0 Å². The first-order valence-electron chi connectivity index (χ1n) is 7.68. The van der Waals surface area contributed by atoms with Crippen molar-refractivity contribution in [2.75, 3.05) is 13.6 Å². The molecule has 2 rings (SSSR count). The van der Waals surface area contributed by atoms with E-state index in [4.69, 9.17) is 0 Å². The van der Waals surface area contributed by atoms with Gasteiger partial charge in [0.15, 0.2) is 5.78 Å². The minimum atomic E-state index is -0.473. The largest absolute Gasteiger partial charge is 0.507 e. The average molecular weight is 293 g/mol. The van der Waals surface area contributed by atoms with Gasteiger partial charge < -0.3 is 10.0 Å². The molecule has 1 aliphatic rings. The second kappa shape index (κ2) is 7.03. The predicted molar refractivity (Wildman–Crippen MR) is 81.0 cm³/mol. The van der Waals surface area contributed by atoms with Gasteiger partial charge >= 0.3 is 0 Å². The minimum Gasteiger partial charge on any atom is -0.507 e. The van der Waals surface area contributed by atoms with Crippen LogP contribution in [-0.2, 0) is 6.54 Å². The smallest absolute Gasteiger partial charge is 0.163 e. The molecular formula is C17H24FNO2. The van der Waals surface area contributed by atoms with E-state index < -0.39 is 5.82 Å². The molecule has 0 radical (unpaired) electrons. The number of ketones is 1. The van der Waals surface area contributed by atoms with Crippen LogP contribution in [-0.4, -0.2) is 29.4 Å². The van der Waals surface area contributed by atoms with Crippen LogP contribution < -0.4 is 0 Å². The molecule has 0 atom stereocenters. The van der Waals surface area contributed by atoms with Crippen molar-refractivity contribution in [3.63, 3.8) is 0 Å². The molecule has 1 aromatic rings. The van der Waals surface area contributed by atoms with E-state index in [9.17, 15) is 14.3 Å². The highest BCUT2D eigenvalue weighted by molar-refractivity contribution is 5.97. The lowest BCUT2D eigenvalue weighted by Crippen LogP contribution is -2.26. The quantitative estimate of drug-likeness (QED) is 0.841. The summed E-state index contributed by atoms with van der Waals surface area (Å²) in [6.45, 7) is 2.75. The summed E-state index contributed by atoms with van der Waals surface area (Å²) < 4.78 is 13.6. The van der Waals surface area contributed by atoms with Gasteiger partial charge in [-0.3, -0.25) is 4.79 Å². The van der Waals surface area contributed by atoms with Crippen molar-refractivity contribution in [1.82, 2.24) is 4.90 Å². The maximum absolute atomic E-state index is 13.6. The summed E-state index contributed by atoms with van der Waals surface area (Å²) in [6, 6.07) is 2.42. The van der Waals surface area contributed by atoms with Crippen LogP contribution in [0, 0.1) is 11.7 Å². The van der Waals surface area contributed by atoms with Gasteiger partial charge in [0.2, 0.25) is 0 Å². The fourth-order valence-corrected chi connectivity index (χ4v) is 3.21. The summed E-state index contributed by atoms with van der Waals surface area (Å²) in [6.07, 6.45) is 6.40. The maximum Gasteiger partial charge on any atom is 0.163 e. The predicted octanol–water partition coefficient (Wildman–Crippen LogP) is 3.75. The number of phenols is 1. The number of carbonyl (C=O) groups is 1. The zero-order valence-electron chi connectivity index (χ0n) is 12.9. The Morgan fingerprint density at radius 3 is 2.62 bits per heavy atom. The van der Waals surface area contributed by atoms with E-state index in [1.165, 1.54) is 45.1 Å². The summed E-state index contributed by atoms with van der Waals surface area (Å²) in [5.74, 6) is -0.187. The lowest BCUT2D eigenvalue weighted by Gasteiger charge is -2.27. The van der Waals surface area contributed by atoms with Crippen molar-refractivity contribution < 1.29 is 14.3 Å². The Morgan fingerprint density at radius 1 is 1.33 bits per heavy atom. The topological polar surface area (TPSA) is 40.5 Å². The fraction of sp³-hybridized carbons (Fsp3) is 0.588. The highest BCUT2D eigenvalue weighted by Crippen LogP contribution is 2.28. The molecule has 1 fully saturated rings. The van der Waals surface area contributed by atoms with Crippen LogP contribution in [0.3, 0.4) is 0 Å². The molecule has 21 heavy (non-hydrogen) atoms. The third-order valence-electron chi connectivity index (χ3n) is 4.27. The molecule has 0 spiro atoms. The van der Waals surface area contributed by atoms with E-state index in [-0.39, 0.29) is 17.1 Å². The molecule has 0 saturated heterocycles. The van der Waals surface area contributed by atoms with Crippen molar-refractivity contribution >= 4 is 5.78 Å². The maximum atomic E-state index is 13.6. The number of Topliss-reactive ketones (excluding diaryl/α,β-unsaturated/α-hetero) is 1. The number of hydrogen-bond acceptors (Lipinski definition) is 3. The molecule has 1 saturated carbocycles. The minimum absolute atomic E-state index is 0.0658. The van der Waals surface area contributed by atoms with Gasteiger partial charge in [0.25, 0.3) is 0 Å². The molecule has 1 aromatic carbocycles. The zero-order valence-corrected chi connectivity index (χ0v) is 12.9. The molecule has 1 N–H and O–H groups in total. The van der Waals surface area contributed by atoms with E-state index in [1.807, 2.05) is 7.05 Å². The molecule has 0 unspecified atom stereocenters. The number of aromatic hydroxyl groups is 1. The molecule has 0 aromatic heterocycles. The van der Waals surface area contributed by atoms with Gasteiger partial charge in [0.05, 0.1) is 5.56 Å². The monoisotopic (exact) mass is 293 g/mol. The molecule has 0 aliphatic heterocycles. The summed E-state index contributed by atoms with van der Waals surface area (Å²) in [4.78, 5) is 13.5. The van der Waals surface area contributed by atoms with Gasteiger partial charge in [-0.05, 0) is 44.9 Å². The lowest BCUT2D eigenvalue weighted by molar-refractivity contribution is 0.101. The third kappa shape index (κ3) is 4.27. The van der Waals surface area contributed by atoms with Crippen LogP contribution >= 0.6 is 0 Å². The third-order valence-corrected chi connectivity index (χ3v) is 4.27. The normalized spacial score (nSPS) is 16.4. The van der Waals surface area contributed by atoms with E-state index in [1.54, 1.807) is 0 Å². The summed E-state index contributed by atoms with van der Waals surface area (Å²) >= 11 is 0. The van der Waals surface area contributed by atoms with Crippen molar-refractivity contribution in [1.29, 1.82) is 0 Å². The number of benzene rings is 1. The molecule has 3 nitrogen and oxygen atoms in total. The van der Waals surface area contributed by atoms with Gasteiger partial charge in [-0.25, -0.2) is 4.39 Å². The van der Waals surface area contributed by atoms with Crippen LogP contribution in [0.4, 0.5) is 4.39 Å². The van der Waals surface area contributed by atoms with Crippen LogP contribution in [0.2, 0.25) is 0 Å². The van der Waals surface area contributed by atoms with E-state index in [0.717, 1.165) is 12.6 Å². The number of hydrogen-bond donors (Lipinski definition) is 1. The summed E-state index contributed by atoms with van der Waals surface area (Å²) in [5, 5.41) is 10.1. The second-order valence-electron chi connectivity index (χ2n) is 6.22. The molecular weight excluding hydrogens is 269 g/mol. The van der Waals surface area contributed by atoms with Gasteiger partial charge in [0, 0.05) is 18.7 Å². The van der Waals surface area contributed by atoms with E-state index in [0.29, 0.717) is 18.0 Å². The van der Waals surface area contributed by atoms with Crippen molar-refractivity contribution in [2.45, 2.75) is 45.6 Å². The number of rotatable bonds is 5. The van der Waals surface area contributed by atoms with Crippen molar-refractivity contribution in [3.8, 4) is 5.75 Å². The summed E-state index contributed by atoms with van der Waals surface area (Å²) in [7, 11) is 1.98. The first-order chi connectivity index (χ1) is 9.97. The Hall–Kier alpha value is -1.42. The van der Waals surface area contributed by atoms with Gasteiger partial charge in [0.1, 0.15) is 11.6 Å². The van der Waals surface area contributed by atoms with Crippen LogP contribution in [0.25, 0.3) is 0 Å². The number of nitrogens with zero attached hydrogens (tertiary/aromatic N) is 1. The number of phenolic OH excluding ortho intramolecular Hbond substituents is 1. The van der Waals surface area contributed by atoms with Crippen molar-refractivity contribution in [3.05, 3.63) is 29.1 Å². The average Bonchev–Trinajstić information content (AvgIpc) is 2.43. The first-order valence-corrected chi connectivity index (χ1v) is 7.68. The Labute approximate surface area is 125 Å². The number of halogens is 1. The van der Waals surface area contributed by atoms with Gasteiger partial charge in [-0.15, -0.1) is 0 Å². The molecule has 116 valence electrons. The fourth-order valence-electron chi connectivity index (χ4n) is 3.21. The standard InChI is InChI=1S/C17H24FNO2/c1-12(20)16-9-15(18)8-14(17(16)21)11-19(2)10-13-6-4-3-5-7-13/h8-9,13,21H,3-7,10-11H2,1-2H3. The van der Waals surface area contributed by atoms with Crippen molar-refractivity contribution in [2.24, 2.45) is 5.92 Å². The highest BCUT2D eigenvalue weighted by Gasteiger charge is 2.18. The molecule has 0 heterocycles. The van der Waals surface area contributed by atoms with Crippen LogP contribution in [0.1, 0.15) is 54.9 Å². The molecule has 0 bridgehead atoms. The SMILES string of the molecule is CC(=O)c1cc(F)cc(CN(C)CC2CCCCC2)c1O. The Balaban J connectivity index is 2.06. The van der Waals surface area contributed by atoms with Gasteiger partial charge in [-0.2, -0.15) is 0 Å². The molecule has 0 amide bonds. The zero-order chi connectivity index (χ0) is 15.4.